The van der Waals surface area contributed by atoms with Gasteiger partial charge in [-0.25, -0.2) is 4.79 Å². The molecule has 2 aromatic carbocycles. The SMILES string of the molecule is CCOc1cc2ccccc2cc1C(=O)OCC(=O)NC(=O)c1ccco1. The Hall–Kier alpha value is -3.61. The Morgan fingerprint density at radius 1 is 1.04 bits per heavy atom. The molecule has 0 aliphatic carbocycles. The predicted molar refractivity (Wildman–Crippen MR) is 96.6 cm³/mol. The Labute approximate surface area is 154 Å². The second-order valence-electron chi connectivity index (χ2n) is 5.56. The van der Waals surface area contributed by atoms with Gasteiger partial charge < -0.3 is 13.9 Å². The number of carbonyl (C=O) groups is 3. The van der Waals surface area contributed by atoms with Crippen LogP contribution >= 0.6 is 0 Å². The third-order valence-electron chi connectivity index (χ3n) is 3.70. The van der Waals surface area contributed by atoms with Crippen molar-refractivity contribution in [3.8, 4) is 5.75 Å². The van der Waals surface area contributed by atoms with Crippen LogP contribution < -0.4 is 10.1 Å². The van der Waals surface area contributed by atoms with Gasteiger partial charge in [-0.2, -0.15) is 0 Å². The highest BCUT2D eigenvalue weighted by atomic mass is 16.5. The Bertz CT molecular complexity index is 977. The van der Waals surface area contributed by atoms with Gasteiger partial charge in [0.15, 0.2) is 12.4 Å². The Kier molecular flexibility index (Phi) is 5.51. The van der Waals surface area contributed by atoms with Gasteiger partial charge in [-0.1, -0.05) is 24.3 Å². The van der Waals surface area contributed by atoms with Gasteiger partial charge in [0.1, 0.15) is 11.3 Å². The summed E-state index contributed by atoms with van der Waals surface area (Å²) in [7, 11) is 0. The lowest BCUT2D eigenvalue weighted by molar-refractivity contribution is -0.123. The summed E-state index contributed by atoms with van der Waals surface area (Å²) >= 11 is 0. The molecule has 7 heteroatoms. The first kappa shape index (κ1) is 18.2. The van der Waals surface area contributed by atoms with Crippen molar-refractivity contribution < 1.29 is 28.3 Å². The van der Waals surface area contributed by atoms with E-state index in [1.165, 1.54) is 18.4 Å². The van der Waals surface area contributed by atoms with E-state index in [4.69, 9.17) is 13.9 Å². The van der Waals surface area contributed by atoms with Crippen LogP contribution in [0.1, 0.15) is 27.8 Å². The summed E-state index contributed by atoms with van der Waals surface area (Å²) in [5.74, 6) is -1.83. The van der Waals surface area contributed by atoms with E-state index >= 15 is 0 Å². The van der Waals surface area contributed by atoms with Crippen molar-refractivity contribution in [2.45, 2.75) is 6.92 Å². The van der Waals surface area contributed by atoms with E-state index in [2.05, 4.69) is 5.32 Å². The van der Waals surface area contributed by atoms with Gasteiger partial charge in [0.25, 0.3) is 11.8 Å². The van der Waals surface area contributed by atoms with Crippen molar-refractivity contribution in [1.82, 2.24) is 5.32 Å². The first-order valence-electron chi connectivity index (χ1n) is 8.29. The number of esters is 1. The normalized spacial score (nSPS) is 10.4. The molecule has 1 heterocycles. The van der Waals surface area contributed by atoms with Crippen LogP contribution in [0, 0.1) is 0 Å². The zero-order valence-corrected chi connectivity index (χ0v) is 14.6. The fourth-order valence-corrected chi connectivity index (χ4v) is 2.49. The Morgan fingerprint density at radius 3 is 2.44 bits per heavy atom. The van der Waals surface area contributed by atoms with E-state index in [1.54, 1.807) is 19.1 Å². The molecule has 0 radical (unpaired) electrons. The Morgan fingerprint density at radius 2 is 1.78 bits per heavy atom. The van der Waals surface area contributed by atoms with Crippen LogP contribution in [-0.2, 0) is 9.53 Å². The fraction of sp³-hybridized carbons (Fsp3) is 0.150. The van der Waals surface area contributed by atoms with Crippen molar-refractivity contribution in [3.63, 3.8) is 0 Å². The van der Waals surface area contributed by atoms with Gasteiger partial charge in [-0.05, 0) is 42.0 Å². The van der Waals surface area contributed by atoms with Crippen molar-refractivity contribution in [2.24, 2.45) is 0 Å². The van der Waals surface area contributed by atoms with Crippen LogP contribution in [0.25, 0.3) is 10.8 Å². The molecule has 0 aliphatic rings. The van der Waals surface area contributed by atoms with E-state index in [9.17, 15) is 14.4 Å². The van der Waals surface area contributed by atoms with Crippen molar-refractivity contribution in [1.29, 1.82) is 0 Å². The number of fused-ring (bicyclic) bond motifs is 1. The smallest absolute Gasteiger partial charge is 0.342 e. The second-order valence-corrected chi connectivity index (χ2v) is 5.56. The number of hydrogen-bond donors (Lipinski definition) is 1. The minimum Gasteiger partial charge on any atom is -0.493 e. The fourth-order valence-electron chi connectivity index (χ4n) is 2.49. The van der Waals surface area contributed by atoms with Crippen molar-refractivity contribution in [2.75, 3.05) is 13.2 Å². The summed E-state index contributed by atoms with van der Waals surface area (Å²) in [6.07, 6.45) is 1.31. The maximum Gasteiger partial charge on any atom is 0.342 e. The molecule has 0 aliphatic heterocycles. The molecule has 1 aromatic heterocycles. The monoisotopic (exact) mass is 367 g/mol. The summed E-state index contributed by atoms with van der Waals surface area (Å²) in [6, 6.07) is 13.8. The average Bonchev–Trinajstić information content (AvgIpc) is 3.21. The van der Waals surface area contributed by atoms with Crippen LogP contribution in [-0.4, -0.2) is 31.0 Å². The lowest BCUT2D eigenvalue weighted by Crippen LogP contribution is -2.34. The van der Waals surface area contributed by atoms with Crippen LogP contribution in [0.5, 0.6) is 5.75 Å². The molecular weight excluding hydrogens is 350 g/mol. The molecule has 1 N–H and O–H groups in total. The van der Waals surface area contributed by atoms with Gasteiger partial charge in [-0.15, -0.1) is 0 Å². The molecule has 0 saturated heterocycles. The minimum atomic E-state index is -0.761. The van der Waals surface area contributed by atoms with Crippen LogP contribution in [0.2, 0.25) is 0 Å². The number of imide groups is 1. The third-order valence-corrected chi connectivity index (χ3v) is 3.70. The summed E-state index contributed by atoms with van der Waals surface area (Å²) in [6.45, 7) is 1.57. The van der Waals surface area contributed by atoms with E-state index in [0.717, 1.165) is 10.8 Å². The highest BCUT2D eigenvalue weighted by Crippen LogP contribution is 2.27. The molecule has 3 aromatic rings. The molecule has 138 valence electrons. The first-order chi connectivity index (χ1) is 13.1. The quantitative estimate of drug-likeness (QED) is 0.673. The molecule has 27 heavy (non-hydrogen) atoms. The number of hydrogen-bond acceptors (Lipinski definition) is 6. The molecule has 2 amide bonds. The molecule has 0 unspecified atom stereocenters. The molecular formula is C20H17NO6. The lowest BCUT2D eigenvalue weighted by atomic mass is 10.1. The number of furan rings is 1. The van der Waals surface area contributed by atoms with Crippen molar-refractivity contribution in [3.05, 3.63) is 66.1 Å². The van der Waals surface area contributed by atoms with E-state index in [-0.39, 0.29) is 11.3 Å². The number of benzene rings is 2. The maximum absolute atomic E-state index is 12.4. The van der Waals surface area contributed by atoms with Gasteiger partial charge in [0.05, 0.1) is 12.9 Å². The van der Waals surface area contributed by atoms with Gasteiger partial charge in [0, 0.05) is 0 Å². The van der Waals surface area contributed by atoms with Gasteiger partial charge in [-0.3, -0.25) is 14.9 Å². The number of ether oxygens (including phenoxy) is 2. The number of nitrogens with one attached hydrogen (secondary N) is 1. The number of rotatable bonds is 6. The minimum absolute atomic E-state index is 0.0113. The molecule has 7 nitrogen and oxygen atoms in total. The summed E-state index contributed by atoms with van der Waals surface area (Å²) < 4.78 is 15.4. The van der Waals surface area contributed by atoms with Gasteiger partial charge in [0.2, 0.25) is 0 Å². The molecule has 0 fully saturated rings. The molecule has 0 spiro atoms. The lowest BCUT2D eigenvalue weighted by Gasteiger charge is -2.11. The second kappa shape index (κ2) is 8.18. The molecule has 0 saturated carbocycles. The average molecular weight is 367 g/mol. The van der Waals surface area contributed by atoms with Gasteiger partial charge >= 0.3 is 5.97 Å². The summed E-state index contributed by atoms with van der Waals surface area (Å²) in [4.78, 5) is 36.0. The largest absolute Gasteiger partial charge is 0.493 e. The van der Waals surface area contributed by atoms with E-state index in [0.29, 0.717) is 12.4 Å². The maximum atomic E-state index is 12.4. The zero-order valence-electron chi connectivity index (χ0n) is 14.6. The molecule has 3 rings (SSSR count). The van der Waals surface area contributed by atoms with Crippen LogP contribution in [0.15, 0.2) is 59.2 Å². The van der Waals surface area contributed by atoms with E-state index in [1.807, 2.05) is 24.3 Å². The first-order valence-corrected chi connectivity index (χ1v) is 8.29. The standard InChI is InChI=1S/C20H17NO6/c1-2-25-17-11-14-7-4-3-6-13(14)10-15(17)20(24)27-12-18(22)21-19(23)16-8-5-9-26-16/h3-11H,2,12H2,1H3,(H,21,22,23). The number of amides is 2. The number of carbonyl (C=O) groups excluding carboxylic acids is 3. The third kappa shape index (κ3) is 4.33. The molecule has 0 bridgehead atoms. The van der Waals surface area contributed by atoms with E-state index < -0.39 is 24.4 Å². The predicted octanol–water partition coefficient (Wildman–Crippen LogP) is 2.94. The highest BCUT2D eigenvalue weighted by molar-refractivity contribution is 6.04. The van der Waals surface area contributed by atoms with Crippen LogP contribution in [0.4, 0.5) is 0 Å². The zero-order chi connectivity index (χ0) is 19.2. The molecule has 0 atom stereocenters. The summed E-state index contributed by atoms with van der Waals surface area (Å²) in [5, 5.41) is 3.83. The Balaban J connectivity index is 1.69. The van der Waals surface area contributed by atoms with Crippen molar-refractivity contribution >= 4 is 28.6 Å². The topological polar surface area (TPSA) is 94.8 Å². The highest BCUT2D eigenvalue weighted by Gasteiger charge is 2.18. The summed E-state index contributed by atoms with van der Waals surface area (Å²) in [5.41, 5.74) is 0.209. The van der Waals surface area contributed by atoms with Crippen LogP contribution in [0.3, 0.4) is 0 Å².